The van der Waals surface area contributed by atoms with Crippen molar-refractivity contribution in [2.75, 3.05) is 13.7 Å². The van der Waals surface area contributed by atoms with E-state index in [9.17, 15) is 0 Å². The third-order valence-corrected chi connectivity index (χ3v) is 3.43. The fourth-order valence-electron chi connectivity index (χ4n) is 2.25. The summed E-state index contributed by atoms with van der Waals surface area (Å²) in [5.41, 5.74) is 2.32. The van der Waals surface area contributed by atoms with E-state index in [4.69, 9.17) is 4.74 Å². The third kappa shape index (κ3) is 4.83. The Hall–Kier alpha value is -1.94. The molecule has 0 fully saturated rings. The van der Waals surface area contributed by atoms with E-state index in [1.165, 1.54) is 5.56 Å². The van der Waals surface area contributed by atoms with E-state index in [1.807, 2.05) is 18.2 Å². The molecule has 0 saturated carbocycles. The average molecular weight is 285 g/mol. The first kappa shape index (κ1) is 15.4. The van der Waals surface area contributed by atoms with Crippen molar-refractivity contribution in [3.63, 3.8) is 0 Å². The van der Waals surface area contributed by atoms with Gasteiger partial charge in [-0.2, -0.15) is 5.10 Å². The molecule has 0 aliphatic carbocycles. The molecule has 1 N–H and O–H groups in total. The van der Waals surface area contributed by atoms with E-state index in [-0.39, 0.29) is 6.04 Å². The quantitative estimate of drug-likeness (QED) is 0.809. The normalized spacial score (nSPS) is 12.1. The minimum absolute atomic E-state index is 0.226. The largest absolute Gasteiger partial charge is 0.480 e. The van der Waals surface area contributed by atoms with Crippen molar-refractivity contribution in [3.8, 4) is 5.88 Å². The zero-order chi connectivity index (χ0) is 14.9. The number of benzene rings is 1. The zero-order valence-corrected chi connectivity index (χ0v) is 12.7. The van der Waals surface area contributed by atoms with Crippen LogP contribution in [0.3, 0.4) is 0 Å². The summed E-state index contributed by atoms with van der Waals surface area (Å²) in [4.78, 5) is 0. The maximum absolute atomic E-state index is 5.07. The third-order valence-electron chi connectivity index (χ3n) is 3.43. The lowest BCUT2D eigenvalue weighted by atomic mass is 10.0. The molecule has 0 amide bonds. The first-order chi connectivity index (χ1) is 10.3. The van der Waals surface area contributed by atoms with Crippen LogP contribution < -0.4 is 10.1 Å². The second-order valence-corrected chi connectivity index (χ2v) is 5.03. The van der Waals surface area contributed by atoms with Crippen molar-refractivity contribution < 1.29 is 4.74 Å². The molecule has 0 radical (unpaired) electrons. The topological polar surface area (TPSA) is 47.0 Å². The van der Waals surface area contributed by atoms with Crippen molar-refractivity contribution in [2.24, 2.45) is 0 Å². The molecular formula is C17H23N3O. The number of hydrogen-bond acceptors (Lipinski definition) is 4. The lowest BCUT2D eigenvalue weighted by molar-refractivity contribution is 0.388. The second-order valence-electron chi connectivity index (χ2n) is 5.03. The molecule has 1 aromatic carbocycles. The molecule has 2 aromatic rings. The van der Waals surface area contributed by atoms with Gasteiger partial charge in [-0.25, -0.2) is 0 Å². The van der Waals surface area contributed by atoms with Gasteiger partial charge in [0.2, 0.25) is 5.88 Å². The van der Waals surface area contributed by atoms with Gasteiger partial charge in [-0.1, -0.05) is 37.3 Å². The monoisotopic (exact) mass is 285 g/mol. The van der Waals surface area contributed by atoms with Crippen molar-refractivity contribution in [1.82, 2.24) is 15.5 Å². The number of nitrogens with zero attached hydrogens (tertiary/aromatic N) is 2. The predicted octanol–water partition coefficient (Wildman–Crippen LogP) is 3.16. The summed E-state index contributed by atoms with van der Waals surface area (Å²) >= 11 is 0. The molecule has 4 nitrogen and oxygen atoms in total. The Balaban J connectivity index is 2.02. The maximum Gasteiger partial charge on any atom is 0.233 e. The van der Waals surface area contributed by atoms with E-state index < -0.39 is 0 Å². The molecule has 1 aromatic heterocycles. The molecular weight excluding hydrogens is 262 g/mol. The predicted molar refractivity (Wildman–Crippen MR) is 84.4 cm³/mol. The number of ether oxygens (including phenoxy) is 1. The van der Waals surface area contributed by atoms with Gasteiger partial charge in [-0.15, -0.1) is 5.10 Å². The molecule has 0 saturated heterocycles. The first-order valence-electron chi connectivity index (χ1n) is 7.48. The molecule has 0 aliphatic heterocycles. The molecule has 0 spiro atoms. The summed E-state index contributed by atoms with van der Waals surface area (Å²) in [6.45, 7) is 3.15. The molecule has 0 aliphatic rings. The van der Waals surface area contributed by atoms with Gasteiger partial charge in [0.1, 0.15) is 0 Å². The SMILES string of the molecule is CCCNC(CCc1ccccc1)c1ccc(OC)nn1. The number of aromatic nitrogens is 2. The van der Waals surface area contributed by atoms with E-state index in [0.29, 0.717) is 5.88 Å². The zero-order valence-electron chi connectivity index (χ0n) is 12.7. The van der Waals surface area contributed by atoms with Crippen molar-refractivity contribution >= 4 is 0 Å². The van der Waals surface area contributed by atoms with Crippen LogP contribution in [-0.4, -0.2) is 23.9 Å². The van der Waals surface area contributed by atoms with Crippen LogP contribution >= 0.6 is 0 Å². The van der Waals surface area contributed by atoms with E-state index in [2.05, 4.69) is 46.7 Å². The number of aryl methyl sites for hydroxylation is 1. The Morgan fingerprint density at radius 3 is 2.52 bits per heavy atom. The van der Waals surface area contributed by atoms with Crippen molar-refractivity contribution in [1.29, 1.82) is 0 Å². The van der Waals surface area contributed by atoms with E-state index in [1.54, 1.807) is 7.11 Å². The van der Waals surface area contributed by atoms with Gasteiger partial charge >= 0.3 is 0 Å². The number of hydrogen-bond donors (Lipinski definition) is 1. The maximum atomic E-state index is 5.07. The highest BCUT2D eigenvalue weighted by Gasteiger charge is 2.13. The van der Waals surface area contributed by atoms with Crippen LogP contribution in [0, 0.1) is 0 Å². The molecule has 21 heavy (non-hydrogen) atoms. The molecule has 112 valence electrons. The minimum Gasteiger partial charge on any atom is -0.480 e. The van der Waals surface area contributed by atoms with Gasteiger partial charge in [0, 0.05) is 6.07 Å². The summed E-state index contributed by atoms with van der Waals surface area (Å²) in [7, 11) is 1.60. The number of nitrogens with one attached hydrogen (secondary N) is 1. The molecule has 1 heterocycles. The lowest BCUT2D eigenvalue weighted by Gasteiger charge is -2.17. The van der Waals surface area contributed by atoms with Gasteiger partial charge in [-0.05, 0) is 37.4 Å². The van der Waals surface area contributed by atoms with Crippen LogP contribution in [0.15, 0.2) is 42.5 Å². The highest BCUT2D eigenvalue weighted by atomic mass is 16.5. The average Bonchev–Trinajstić information content (AvgIpc) is 2.56. The van der Waals surface area contributed by atoms with Crippen LogP contribution in [0.2, 0.25) is 0 Å². The summed E-state index contributed by atoms with van der Waals surface area (Å²) in [5, 5.41) is 11.9. The lowest BCUT2D eigenvalue weighted by Crippen LogP contribution is -2.24. The Labute approximate surface area is 126 Å². The minimum atomic E-state index is 0.226. The number of rotatable bonds is 8. The summed E-state index contributed by atoms with van der Waals surface area (Å²) in [6, 6.07) is 14.6. The summed E-state index contributed by atoms with van der Waals surface area (Å²) < 4.78 is 5.07. The van der Waals surface area contributed by atoms with Crippen molar-refractivity contribution in [2.45, 2.75) is 32.2 Å². The summed E-state index contributed by atoms with van der Waals surface area (Å²) in [5.74, 6) is 0.552. The standard InChI is InChI=1S/C17H23N3O/c1-3-13-18-15(10-9-14-7-5-4-6-8-14)16-11-12-17(21-2)20-19-16/h4-8,11-12,15,18H,3,9-10,13H2,1-2H3. The molecule has 1 unspecified atom stereocenters. The Kier molecular flexibility index (Phi) is 6.16. The Morgan fingerprint density at radius 1 is 1.10 bits per heavy atom. The van der Waals surface area contributed by atoms with Gasteiger partial charge in [0.15, 0.2) is 0 Å². The molecule has 2 rings (SSSR count). The molecule has 4 heteroatoms. The van der Waals surface area contributed by atoms with Crippen molar-refractivity contribution in [3.05, 3.63) is 53.7 Å². The van der Waals surface area contributed by atoms with Crippen LogP contribution in [0.25, 0.3) is 0 Å². The molecule has 0 bridgehead atoms. The second kappa shape index (κ2) is 8.37. The molecule has 1 atom stereocenters. The van der Waals surface area contributed by atoms with Gasteiger partial charge in [-0.3, -0.25) is 0 Å². The van der Waals surface area contributed by atoms with E-state index >= 15 is 0 Å². The Bertz CT molecular complexity index is 513. The fourth-order valence-corrected chi connectivity index (χ4v) is 2.25. The highest BCUT2D eigenvalue weighted by Crippen LogP contribution is 2.18. The van der Waals surface area contributed by atoms with Crippen LogP contribution in [-0.2, 0) is 6.42 Å². The van der Waals surface area contributed by atoms with E-state index in [0.717, 1.165) is 31.5 Å². The van der Waals surface area contributed by atoms with Crippen LogP contribution in [0.1, 0.15) is 37.1 Å². The van der Waals surface area contributed by atoms with Crippen LogP contribution in [0.4, 0.5) is 0 Å². The summed E-state index contributed by atoms with van der Waals surface area (Å²) in [6.07, 6.45) is 3.13. The highest BCUT2D eigenvalue weighted by molar-refractivity contribution is 5.17. The Morgan fingerprint density at radius 2 is 1.90 bits per heavy atom. The van der Waals surface area contributed by atoms with Gasteiger partial charge < -0.3 is 10.1 Å². The van der Waals surface area contributed by atoms with Crippen LogP contribution in [0.5, 0.6) is 5.88 Å². The first-order valence-corrected chi connectivity index (χ1v) is 7.48. The smallest absolute Gasteiger partial charge is 0.233 e. The fraction of sp³-hybridized carbons (Fsp3) is 0.412. The van der Waals surface area contributed by atoms with Gasteiger partial charge in [0.25, 0.3) is 0 Å². The van der Waals surface area contributed by atoms with Gasteiger partial charge in [0.05, 0.1) is 18.8 Å². The number of methoxy groups -OCH3 is 1.